The van der Waals surface area contributed by atoms with Gasteiger partial charge in [0.15, 0.2) is 11.5 Å². The minimum atomic E-state index is 0.452. The number of fused-ring (bicyclic) bond motifs is 3. The molecule has 2 aliphatic rings. The van der Waals surface area contributed by atoms with Crippen LogP contribution in [0.25, 0.3) is 10.9 Å². The Bertz CT molecular complexity index is 850. The largest absolute Gasteiger partial charge is 0.493 e. The molecular weight excluding hydrogens is 360 g/mol. The first kappa shape index (κ1) is 18.8. The van der Waals surface area contributed by atoms with E-state index in [1.807, 2.05) is 6.07 Å². The van der Waals surface area contributed by atoms with Crippen molar-refractivity contribution < 1.29 is 9.47 Å². The lowest BCUT2D eigenvalue weighted by Crippen LogP contribution is -2.25. The highest BCUT2D eigenvalue weighted by Gasteiger charge is 2.28. The SMILES string of the molecule is COc1cc2c3c(c(Cl)nc2cc1OCCCN1CCC(C)(C)C1)CCC3. The van der Waals surface area contributed by atoms with E-state index in [-0.39, 0.29) is 0 Å². The van der Waals surface area contributed by atoms with Crippen molar-refractivity contribution in [3.05, 3.63) is 28.4 Å². The number of ether oxygens (including phenoxy) is 2. The van der Waals surface area contributed by atoms with E-state index in [0.29, 0.717) is 17.2 Å². The van der Waals surface area contributed by atoms with Crippen LogP contribution in [0, 0.1) is 5.41 Å². The van der Waals surface area contributed by atoms with Crippen molar-refractivity contribution in [1.29, 1.82) is 0 Å². The van der Waals surface area contributed by atoms with Gasteiger partial charge >= 0.3 is 0 Å². The van der Waals surface area contributed by atoms with E-state index in [9.17, 15) is 0 Å². The van der Waals surface area contributed by atoms with Gasteiger partial charge in [-0.1, -0.05) is 25.4 Å². The van der Waals surface area contributed by atoms with Crippen molar-refractivity contribution in [1.82, 2.24) is 9.88 Å². The predicted octanol–water partition coefficient (Wildman–Crippen LogP) is 4.89. The molecule has 0 spiro atoms. The van der Waals surface area contributed by atoms with Crippen LogP contribution in [0.5, 0.6) is 11.5 Å². The fourth-order valence-corrected chi connectivity index (χ4v) is 4.78. The van der Waals surface area contributed by atoms with E-state index < -0.39 is 0 Å². The standard InChI is InChI=1S/C22H29ClN2O2/c1-22(2)8-10-25(14-22)9-5-11-27-20-13-18-17(12-19(20)26-3)15-6-4-7-16(15)21(23)24-18/h12-13H,4-11,14H2,1-3H3. The number of methoxy groups -OCH3 is 1. The van der Waals surface area contributed by atoms with E-state index in [4.69, 9.17) is 21.1 Å². The third kappa shape index (κ3) is 3.88. The number of halogens is 1. The zero-order valence-electron chi connectivity index (χ0n) is 16.6. The molecule has 0 saturated carbocycles. The maximum Gasteiger partial charge on any atom is 0.163 e. The van der Waals surface area contributed by atoms with Gasteiger partial charge in [-0.2, -0.15) is 0 Å². The molecule has 0 N–H and O–H groups in total. The third-order valence-electron chi connectivity index (χ3n) is 5.93. The average molecular weight is 389 g/mol. The second-order valence-electron chi connectivity index (χ2n) is 8.63. The maximum absolute atomic E-state index is 6.41. The van der Waals surface area contributed by atoms with Crippen LogP contribution in [-0.4, -0.2) is 43.2 Å². The van der Waals surface area contributed by atoms with Gasteiger partial charge in [-0.15, -0.1) is 0 Å². The van der Waals surface area contributed by atoms with Crippen LogP contribution in [0.1, 0.15) is 44.2 Å². The molecule has 1 aromatic heterocycles. The second-order valence-corrected chi connectivity index (χ2v) is 8.98. The highest BCUT2D eigenvalue weighted by atomic mass is 35.5. The zero-order chi connectivity index (χ0) is 19.0. The lowest BCUT2D eigenvalue weighted by molar-refractivity contribution is 0.241. The summed E-state index contributed by atoms with van der Waals surface area (Å²) < 4.78 is 11.7. The molecule has 1 aromatic carbocycles. The van der Waals surface area contributed by atoms with E-state index in [1.54, 1.807) is 7.11 Å². The predicted molar refractivity (Wildman–Crippen MR) is 110 cm³/mol. The van der Waals surface area contributed by atoms with Crippen molar-refractivity contribution in [3.8, 4) is 11.5 Å². The molecule has 4 nitrogen and oxygen atoms in total. The Morgan fingerprint density at radius 1 is 1.19 bits per heavy atom. The smallest absolute Gasteiger partial charge is 0.163 e. The molecule has 1 fully saturated rings. The molecule has 0 atom stereocenters. The van der Waals surface area contributed by atoms with Crippen molar-refractivity contribution in [2.75, 3.05) is 33.4 Å². The van der Waals surface area contributed by atoms with Crippen LogP contribution in [-0.2, 0) is 12.8 Å². The molecule has 2 heterocycles. The molecule has 27 heavy (non-hydrogen) atoms. The van der Waals surface area contributed by atoms with Gasteiger partial charge in [0.1, 0.15) is 5.15 Å². The lowest BCUT2D eigenvalue weighted by Gasteiger charge is -2.19. The quantitative estimate of drug-likeness (QED) is 0.521. The third-order valence-corrected chi connectivity index (χ3v) is 6.24. The normalized spacial score (nSPS) is 18.8. The number of rotatable bonds is 6. The van der Waals surface area contributed by atoms with Gasteiger partial charge in [0.2, 0.25) is 0 Å². The van der Waals surface area contributed by atoms with Crippen LogP contribution >= 0.6 is 11.6 Å². The van der Waals surface area contributed by atoms with Crippen molar-refractivity contribution >= 4 is 22.5 Å². The number of nitrogens with zero attached hydrogens (tertiary/aromatic N) is 2. The number of hydrogen-bond acceptors (Lipinski definition) is 4. The van der Waals surface area contributed by atoms with Gasteiger partial charge in [-0.3, -0.25) is 0 Å². The minimum Gasteiger partial charge on any atom is -0.493 e. The molecule has 0 bridgehead atoms. The Hall–Kier alpha value is -1.52. The van der Waals surface area contributed by atoms with Crippen molar-refractivity contribution in [2.45, 2.75) is 46.0 Å². The number of benzene rings is 1. The number of hydrogen-bond donors (Lipinski definition) is 0. The summed E-state index contributed by atoms with van der Waals surface area (Å²) in [7, 11) is 1.70. The Morgan fingerprint density at radius 2 is 2.00 bits per heavy atom. The highest BCUT2D eigenvalue weighted by molar-refractivity contribution is 6.30. The first-order valence-corrected chi connectivity index (χ1v) is 10.4. The highest BCUT2D eigenvalue weighted by Crippen LogP contribution is 2.39. The summed E-state index contributed by atoms with van der Waals surface area (Å²) in [6.45, 7) is 8.82. The fourth-order valence-electron chi connectivity index (χ4n) is 4.48. The molecule has 5 heteroatoms. The average Bonchev–Trinajstić information content (AvgIpc) is 3.25. The second kappa shape index (κ2) is 7.48. The van der Waals surface area contributed by atoms with Crippen LogP contribution in [0.15, 0.2) is 12.1 Å². The Kier molecular flexibility index (Phi) is 5.21. The summed E-state index contributed by atoms with van der Waals surface area (Å²) in [5.74, 6) is 1.54. The van der Waals surface area contributed by atoms with Gasteiger partial charge in [-0.05, 0) is 61.3 Å². The number of aryl methyl sites for hydroxylation is 1. The Labute approximate surface area is 166 Å². The molecule has 1 aliphatic carbocycles. The zero-order valence-corrected chi connectivity index (χ0v) is 17.4. The van der Waals surface area contributed by atoms with Gasteiger partial charge < -0.3 is 14.4 Å². The number of pyridine rings is 1. The molecule has 0 radical (unpaired) electrons. The molecule has 2 aromatic rings. The van der Waals surface area contributed by atoms with Crippen molar-refractivity contribution in [2.24, 2.45) is 5.41 Å². The monoisotopic (exact) mass is 388 g/mol. The summed E-state index contributed by atoms with van der Waals surface area (Å²) in [4.78, 5) is 7.15. The fraction of sp³-hybridized carbons (Fsp3) is 0.591. The van der Waals surface area contributed by atoms with Crippen LogP contribution < -0.4 is 9.47 Å². The summed E-state index contributed by atoms with van der Waals surface area (Å²) >= 11 is 6.41. The summed E-state index contributed by atoms with van der Waals surface area (Å²) in [5.41, 5.74) is 3.88. The molecule has 146 valence electrons. The molecular formula is C22H29ClN2O2. The topological polar surface area (TPSA) is 34.6 Å². The van der Waals surface area contributed by atoms with Gasteiger partial charge in [-0.25, -0.2) is 4.98 Å². The molecule has 4 rings (SSSR count). The molecule has 1 saturated heterocycles. The number of aromatic nitrogens is 1. The van der Waals surface area contributed by atoms with Crippen LogP contribution in [0.4, 0.5) is 0 Å². The minimum absolute atomic E-state index is 0.452. The Balaban J connectivity index is 1.46. The van der Waals surface area contributed by atoms with E-state index in [2.05, 4.69) is 29.8 Å². The maximum atomic E-state index is 6.41. The Morgan fingerprint density at radius 3 is 2.74 bits per heavy atom. The summed E-state index contributed by atoms with van der Waals surface area (Å²) in [5, 5.41) is 1.79. The molecule has 0 amide bonds. The van der Waals surface area contributed by atoms with Crippen LogP contribution in [0.3, 0.4) is 0 Å². The van der Waals surface area contributed by atoms with Gasteiger partial charge in [0.25, 0.3) is 0 Å². The van der Waals surface area contributed by atoms with E-state index in [1.165, 1.54) is 30.6 Å². The number of likely N-dealkylation sites (tertiary alicyclic amines) is 1. The van der Waals surface area contributed by atoms with Crippen LogP contribution in [0.2, 0.25) is 5.15 Å². The van der Waals surface area contributed by atoms with Gasteiger partial charge in [0.05, 0.1) is 19.2 Å². The lowest BCUT2D eigenvalue weighted by atomic mass is 9.93. The summed E-state index contributed by atoms with van der Waals surface area (Å²) in [6.07, 6.45) is 5.51. The van der Waals surface area contributed by atoms with E-state index in [0.717, 1.165) is 54.6 Å². The van der Waals surface area contributed by atoms with Gasteiger partial charge in [0, 0.05) is 24.5 Å². The first-order valence-electron chi connectivity index (χ1n) is 10.0. The molecule has 0 unspecified atom stereocenters. The van der Waals surface area contributed by atoms with E-state index >= 15 is 0 Å². The summed E-state index contributed by atoms with van der Waals surface area (Å²) in [6, 6.07) is 4.05. The van der Waals surface area contributed by atoms with Crippen molar-refractivity contribution in [3.63, 3.8) is 0 Å². The molecule has 1 aliphatic heterocycles. The first-order chi connectivity index (χ1) is 13.0.